The predicted octanol–water partition coefficient (Wildman–Crippen LogP) is 4.81. The van der Waals surface area contributed by atoms with Crippen LogP contribution in [0.3, 0.4) is 0 Å². The highest BCUT2D eigenvalue weighted by Gasteiger charge is 2.33. The molecule has 0 saturated carbocycles. The van der Waals surface area contributed by atoms with Gasteiger partial charge in [-0.15, -0.1) is 0 Å². The summed E-state index contributed by atoms with van der Waals surface area (Å²) in [5.41, 5.74) is 0.619. The fourth-order valence-electron chi connectivity index (χ4n) is 2.59. The van der Waals surface area contributed by atoms with Crippen molar-refractivity contribution in [2.45, 2.75) is 19.4 Å². The maximum atomic E-state index is 10.9. The molecular formula is C17H15ClO3S. The van der Waals surface area contributed by atoms with Crippen LogP contribution in [-0.4, -0.2) is 16.8 Å². The Kier molecular flexibility index (Phi) is 3.85. The number of hydrogen-bond acceptors (Lipinski definition) is 4. The topological polar surface area (TPSA) is 42.6 Å². The number of rotatable bonds is 3. The first-order chi connectivity index (χ1) is 10.4. The second-order valence-corrected chi connectivity index (χ2v) is 6.02. The Morgan fingerprint density at radius 3 is 2.82 bits per heavy atom. The van der Waals surface area contributed by atoms with Crippen molar-refractivity contribution in [3.63, 3.8) is 0 Å². The summed E-state index contributed by atoms with van der Waals surface area (Å²) in [4.78, 5) is 0. The molecule has 0 aliphatic heterocycles. The van der Waals surface area contributed by atoms with Crippen LogP contribution in [0, 0.1) is 0 Å². The van der Waals surface area contributed by atoms with Crippen molar-refractivity contribution in [3.8, 4) is 0 Å². The van der Waals surface area contributed by atoms with Crippen LogP contribution >= 0.6 is 23.8 Å². The van der Waals surface area contributed by atoms with Crippen molar-refractivity contribution in [2.75, 3.05) is 6.61 Å². The third-order valence-electron chi connectivity index (χ3n) is 3.66. The van der Waals surface area contributed by atoms with Gasteiger partial charge in [0.1, 0.15) is 11.2 Å². The van der Waals surface area contributed by atoms with Gasteiger partial charge < -0.3 is 14.3 Å². The van der Waals surface area contributed by atoms with Crippen LogP contribution < -0.4 is 0 Å². The van der Waals surface area contributed by atoms with Crippen LogP contribution in [0.2, 0.25) is 5.02 Å². The van der Waals surface area contributed by atoms with Gasteiger partial charge in [-0.2, -0.15) is 0 Å². The zero-order valence-electron chi connectivity index (χ0n) is 12.2. The SMILES string of the molecule is CCOC(=S)C(C)(O)c1cccc2oc3cc(Cl)ccc3c12. The van der Waals surface area contributed by atoms with Gasteiger partial charge in [0.15, 0.2) is 10.7 Å². The summed E-state index contributed by atoms with van der Waals surface area (Å²) < 4.78 is 11.2. The summed E-state index contributed by atoms with van der Waals surface area (Å²) in [5, 5.41) is 13.3. The molecule has 1 unspecified atom stereocenters. The Balaban J connectivity index is 2.30. The molecule has 3 rings (SSSR count). The van der Waals surface area contributed by atoms with E-state index in [1.807, 2.05) is 31.2 Å². The van der Waals surface area contributed by atoms with E-state index in [1.54, 1.807) is 19.1 Å². The molecule has 0 aliphatic carbocycles. The molecule has 0 saturated heterocycles. The van der Waals surface area contributed by atoms with Crippen molar-refractivity contribution in [1.82, 2.24) is 0 Å². The minimum absolute atomic E-state index is 0.144. The van der Waals surface area contributed by atoms with Gasteiger partial charge in [-0.05, 0) is 44.3 Å². The maximum absolute atomic E-state index is 10.9. The van der Waals surface area contributed by atoms with Crippen molar-refractivity contribution in [3.05, 3.63) is 47.0 Å². The molecule has 1 atom stereocenters. The minimum Gasteiger partial charge on any atom is -0.484 e. The van der Waals surface area contributed by atoms with E-state index in [-0.39, 0.29) is 5.05 Å². The van der Waals surface area contributed by atoms with E-state index in [1.165, 1.54) is 0 Å². The minimum atomic E-state index is -1.39. The van der Waals surface area contributed by atoms with Gasteiger partial charge in [0.05, 0.1) is 6.61 Å². The summed E-state index contributed by atoms with van der Waals surface area (Å²) in [6, 6.07) is 10.9. The third kappa shape index (κ3) is 2.37. The van der Waals surface area contributed by atoms with Gasteiger partial charge in [0.25, 0.3) is 0 Å². The summed E-state index contributed by atoms with van der Waals surface area (Å²) in [7, 11) is 0. The van der Waals surface area contributed by atoms with E-state index in [9.17, 15) is 5.11 Å². The molecule has 0 aliphatic rings. The van der Waals surface area contributed by atoms with Gasteiger partial charge in [-0.3, -0.25) is 0 Å². The van der Waals surface area contributed by atoms with Crippen LogP contribution in [-0.2, 0) is 10.3 Å². The summed E-state index contributed by atoms with van der Waals surface area (Å²) in [5.74, 6) is 0. The maximum Gasteiger partial charge on any atom is 0.196 e. The number of ether oxygens (including phenoxy) is 1. The van der Waals surface area contributed by atoms with Gasteiger partial charge in [0.2, 0.25) is 0 Å². The molecular weight excluding hydrogens is 320 g/mol. The molecule has 0 fully saturated rings. The normalized spacial score (nSPS) is 14.2. The lowest BCUT2D eigenvalue weighted by molar-refractivity contribution is 0.104. The molecule has 0 spiro atoms. The lowest BCUT2D eigenvalue weighted by Crippen LogP contribution is -2.32. The quantitative estimate of drug-likeness (QED) is 0.698. The van der Waals surface area contributed by atoms with E-state index in [0.29, 0.717) is 28.4 Å². The van der Waals surface area contributed by atoms with Gasteiger partial charge in [-0.1, -0.05) is 23.7 Å². The highest BCUT2D eigenvalue weighted by atomic mass is 35.5. The van der Waals surface area contributed by atoms with Crippen LogP contribution in [0.5, 0.6) is 0 Å². The monoisotopic (exact) mass is 334 g/mol. The Hall–Kier alpha value is -1.62. The average molecular weight is 335 g/mol. The Labute approximate surface area is 138 Å². The number of thiocarbonyl (C=S) groups is 1. The summed E-state index contributed by atoms with van der Waals surface area (Å²) >= 11 is 11.2. The third-order valence-corrected chi connectivity index (χ3v) is 4.41. The van der Waals surface area contributed by atoms with Crippen LogP contribution in [0.25, 0.3) is 21.9 Å². The molecule has 1 N–H and O–H groups in total. The first-order valence-electron chi connectivity index (χ1n) is 6.96. The molecule has 0 bridgehead atoms. The van der Waals surface area contributed by atoms with Gasteiger partial charge >= 0.3 is 0 Å². The summed E-state index contributed by atoms with van der Waals surface area (Å²) in [6.45, 7) is 3.87. The van der Waals surface area contributed by atoms with Crippen molar-refractivity contribution >= 4 is 50.8 Å². The molecule has 1 aromatic heterocycles. The summed E-state index contributed by atoms with van der Waals surface area (Å²) in [6.07, 6.45) is 0. The molecule has 2 aromatic carbocycles. The van der Waals surface area contributed by atoms with E-state index < -0.39 is 5.60 Å². The Bertz CT molecular complexity index is 867. The molecule has 3 nitrogen and oxygen atoms in total. The van der Waals surface area contributed by atoms with Crippen molar-refractivity contribution in [1.29, 1.82) is 0 Å². The van der Waals surface area contributed by atoms with Crippen molar-refractivity contribution < 1.29 is 14.3 Å². The highest BCUT2D eigenvalue weighted by Crippen LogP contribution is 2.37. The average Bonchev–Trinajstić information content (AvgIpc) is 2.84. The van der Waals surface area contributed by atoms with Crippen LogP contribution in [0.4, 0.5) is 0 Å². The highest BCUT2D eigenvalue weighted by molar-refractivity contribution is 7.80. The lowest BCUT2D eigenvalue weighted by atomic mass is 9.92. The smallest absolute Gasteiger partial charge is 0.196 e. The van der Waals surface area contributed by atoms with E-state index >= 15 is 0 Å². The zero-order chi connectivity index (χ0) is 15.9. The van der Waals surface area contributed by atoms with E-state index in [4.69, 9.17) is 33.0 Å². The first kappa shape index (κ1) is 15.3. The molecule has 1 heterocycles. The fourth-order valence-corrected chi connectivity index (χ4v) is 2.98. The lowest BCUT2D eigenvalue weighted by Gasteiger charge is -2.25. The van der Waals surface area contributed by atoms with Crippen LogP contribution in [0.15, 0.2) is 40.8 Å². The number of halogens is 1. The fraction of sp³-hybridized carbons (Fsp3) is 0.235. The number of aliphatic hydroxyl groups is 1. The number of furan rings is 1. The molecule has 5 heteroatoms. The number of fused-ring (bicyclic) bond motifs is 3. The Morgan fingerprint density at radius 1 is 1.32 bits per heavy atom. The van der Waals surface area contributed by atoms with E-state index in [0.717, 1.165) is 10.8 Å². The van der Waals surface area contributed by atoms with Crippen LogP contribution in [0.1, 0.15) is 19.4 Å². The molecule has 0 radical (unpaired) electrons. The number of hydrogen-bond donors (Lipinski definition) is 1. The Morgan fingerprint density at radius 2 is 2.09 bits per heavy atom. The van der Waals surface area contributed by atoms with Gasteiger partial charge in [-0.25, -0.2) is 0 Å². The second kappa shape index (κ2) is 5.54. The first-order valence-corrected chi connectivity index (χ1v) is 7.74. The largest absolute Gasteiger partial charge is 0.484 e. The van der Waals surface area contributed by atoms with Crippen molar-refractivity contribution in [2.24, 2.45) is 0 Å². The molecule has 114 valence electrons. The molecule has 3 aromatic rings. The standard InChI is InChI=1S/C17H15ClO3S/c1-3-20-16(22)17(2,19)12-5-4-6-13-15(12)11-8-7-10(18)9-14(11)21-13/h4-9,19H,3H2,1-2H3. The van der Waals surface area contributed by atoms with E-state index in [2.05, 4.69) is 0 Å². The molecule has 0 amide bonds. The molecule has 22 heavy (non-hydrogen) atoms. The predicted molar refractivity (Wildman–Crippen MR) is 92.5 cm³/mol. The number of benzene rings is 2. The van der Waals surface area contributed by atoms with Gasteiger partial charge in [0, 0.05) is 27.4 Å². The second-order valence-electron chi connectivity index (χ2n) is 5.21. The zero-order valence-corrected chi connectivity index (χ0v) is 13.8.